The van der Waals surface area contributed by atoms with Crippen LogP contribution < -0.4 is 5.32 Å². The van der Waals surface area contributed by atoms with Crippen molar-refractivity contribution in [2.75, 3.05) is 0 Å². The van der Waals surface area contributed by atoms with Crippen molar-refractivity contribution >= 4 is 11.6 Å². The van der Waals surface area contributed by atoms with E-state index in [2.05, 4.69) is 5.32 Å². The molecule has 0 aromatic carbocycles. The van der Waals surface area contributed by atoms with Gasteiger partial charge < -0.3 is 10.7 Å². The highest BCUT2D eigenvalue weighted by molar-refractivity contribution is 5.95. The summed E-state index contributed by atoms with van der Waals surface area (Å²) in [5, 5.41) is 10.1. The molecule has 2 N–H and O–H groups in total. The van der Waals surface area contributed by atoms with E-state index in [9.17, 15) is 18.0 Å². The molecule has 0 bridgehead atoms. The molecule has 6 heteroatoms. The lowest BCUT2D eigenvalue weighted by molar-refractivity contribution is -0.174. The van der Waals surface area contributed by atoms with E-state index in [1.165, 1.54) is 0 Å². The summed E-state index contributed by atoms with van der Waals surface area (Å²) >= 11 is 0. The lowest BCUT2D eigenvalue weighted by Gasteiger charge is -2.31. The smallest absolute Gasteiger partial charge is 0.340 e. The zero-order valence-electron chi connectivity index (χ0n) is 10.7. The number of alkyl halides is 3. The maximum atomic E-state index is 12.4. The van der Waals surface area contributed by atoms with Gasteiger partial charge in [-0.05, 0) is 37.5 Å². The van der Waals surface area contributed by atoms with Crippen LogP contribution in [0.5, 0.6) is 0 Å². The molecule has 0 radical (unpaired) electrons. The minimum Gasteiger partial charge on any atom is -0.340 e. The number of carbonyl (C=O) groups is 1. The van der Waals surface area contributed by atoms with Gasteiger partial charge in [-0.15, -0.1) is 0 Å². The van der Waals surface area contributed by atoms with Gasteiger partial charge in [0.25, 0.3) is 0 Å². The standard InChI is InChI=1S/C13H19F3N2O/c14-13(15,16)12(19)18-11(10(17)8-6-7-8)9-4-2-1-3-5-9/h8-9,11,17H,1-7H2,(H,18,19)/t11-/m0/s1. The first kappa shape index (κ1) is 14.3. The largest absolute Gasteiger partial charge is 0.471 e. The van der Waals surface area contributed by atoms with E-state index in [-0.39, 0.29) is 11.8 Å². The zero-order valence-corrected chi connectivity index (χ0v) is 10.7. The van der Waals surface area contributed by atoms with Crippen LogP contribution in [0.1, 0.15) is 44.9 Å². The molecular weight excluding hydrogens is 257 g/mol. The monoisotopic (exact) mass is 276 g/mol. The molecule has 0 aliphatic heterocycles. The van der Waals surface area contributed by atoms with E-state index in [0.29, 0.717) is 5.71 Å². The van der Waals surface area contributed by atoms with Crippen LogP contribution >= 0.6 is 0 Å². The van der Waals surface area contributed by atoms with Crippen molar-refractivity contribution in [2.24, 2.45) is 11.8 Å². The Morgan fingerprint density at radius 1 is 1.11 bits per heavy atom. The SMILES string of the molecule is N=C(C1CC1)[C@@H](NC(=O)C(F)(F)F)C1CCCCC1. The van der Waals surface area contributed by atoms with Gasteiger partial charge in [-0.25, -0.2) is 0 Å². The molecule has 2 aliphatic carbocycles. The minimum absolute atomic E-state index is 0.00634. The topological polar surface area (TPSA) is 53.0 Å². The quantitative estimate of drug-likeness (QED) is 0.762. The average molecular weight is 276 g/mol. The number of nitrogens with one attached hydrogen (secondary N) is 2. The third kappa shape index (κ3) is 3.70. The van der Waals surface area contributed by atoms with Gasteiger partial charge in [0.1, 0.15) is 0 Å². The van der Waals surface area contributed by atoms with Crippen molar-refractivity contribution in [3.63, 3.8) is 0 Å². The summed E-state index contributed by atoms with van der Waals surface area (Å²) in [4.78, 5) is 11.1. The fourth-order valence-corrected chi connectivity index (χ4v) is 2.79. The molecule has 0 spiro atoms. The molecular formula is C13H19F3N2O. The molecule has 2 aliphatic rings. The lowest BCUT2D eigenvalue weighted by atomic mass is 9.81. The third-order valence-corrected chi connectivity index (χ3v) is 4.02. The number of amides is 1. The molecule has 3 nitrogen and oxygen atoms in total. The van der Waals surface area contributed by atoms with Gasteiger partial charge in [-0.1, -0.05) is 19.3 Å². The van der Waals surface area contributed by atoms with Crippen LogP contribution in [0.25, 0.3) is 0 Å². The Morgan fingerprint density at radius 3 is 2.16 bits per heavy atom. The molecule has 19 heavy (non-hydrogen) atoms. The maximum Gasteiger partial charge on any atom is 0.471 e. The average Bonchev–Trinajstić information content (AvgIpc) is 3.19. The Morgan fingerprint density at radius 2 is 1.68 bits per heavy atom. The second-order valence-electron chi connectivity index (χ2n) is 5.58. The fourth-order valence-electron chi connectivity index (χ4n) is 2.79. The Labute approximate surface area is 110 Å². The van der Waals surface area contributed by atoms with Crippen molar-refractivity contribution in [3.8, 4) is 0 Å². The highest BCUT2D eigenvalue weighted by Crippen LogP contribution is 2.36. The normalized spacial score (nSPS) is 22.9. The predicted molar refractivity (Wildman–Crippen MR) is 65.0 cm³/mol. The van der Waals surface area contributed by atoms with Gasteiger partial charge in [-0.2, -0.15) is 13.2 Å². The van der Waals surface area contributed by atoms with E-state index >= 15 is 0 Å². The molecule has 1 amide bonds. The molecule has 0 unspecified atom stereocenters. The maximum absolute atomic E-state index is 12.4. The second-order valence-corrected chi connectivity index (χ2v) is 5.58. The van der Waals surface area contributed by atoms with Crippen molar-refractivity contribution in [2.45, 2.75) is 57.2 Å². The second kappa shape index (κ2) is 5.51. The predicted octanol–water partition coefficient (Wildman–Crippen LogP) is 3.04. The number of carbonyl (C=O) groups excluding carboxylic acids is 1. The first-order valence-corrected chi connectivity index (χ1v) is 6.85. The highest BCUT2D eigenvalue weighted by Gasteiger charge is 2.43. The zero-order chi connectivity index (χ0) is 14.0. The number of rotatable bonds is 4. The Balaban J connectivity index is 2.04. The van der Waals surface area contributed by atoms with Gasteiger partial charge in [0.05, 0.1) is 6.04 Å². The highest BCUT2D eigenvalue weighted by atomic mass is 19.4. The van der Waals surface area contributed by atoms with Gasteiger partial charge in [0.15, 0.2) is 0 Å². The van der Waals surface area contributed by atoms with Crippen molar-refractivity contribution in [3.05, 3.63) is 0 Å². The van der Waals surface area contributed by atoms with E-state index in [4.69, 9.17) is 5.41 Å². The van der Waals surface area contributed by atoms with Crippen LogP contribution in [-0.2, 0) is 4.79 Å². The Hall–Kier alpha value is -1.07. The molecule has 0 aromatic heterocycles. The van der Waals surface area contributed by atoms with E-state index in [1.54, 1.807) is 0 Å². The first-order chi connectivity index (χ1) is 8.89. The van der Waals surface area contributed by atoms with E-state index in [0.717, 1.165) is 44.9 Å². The summed E-state index contributed by atoms with van der Waals surface area (Å²) in [7, 11) is 0. The summed E-state index contributed by atoms with van der Waals surface area (Å²) in [5.74, 6) is -1.83. The minimum atomic E-state index is -4.86. The van der Waals surface area contributed by atoms with Gasteiger partial charge in [0.2, 0.25) is 0 Å². The molecule has 0 saturated heterocycles. The summed E-state index contributed by atoms with van der Waals surface area (Å²) in [5.41, 5.74) is 0.296. The van der Waals surface area contributed by atoms with E-state index < -0.39 is 18.1 Å². The first-order valence-electron chi connectivity index (χ1n) is 6.85. The summed E-state index contributed by atoms with van der Waals surface area (Å²) in [6.45, 7) is 0. The molecule has 0 aromatic rings. The third-order valence-electron chi connectivity index (χ3n) is 4.02. The lowest BCUT2D eigenvalue weighted by Crippen LogP contribution is -2.51. The van der Waals surface area contributed by atoms with Crippen LogP contribution in [0.3, 0.4) is 0 Å². The van der Waals surface area contributed by atoms with Crippen molar-refractivity contribution < 1.29 is 18.0 Å². The number of hydrogen-bond donors (Lipinski definition) is 2. The van der Waals surface area contributed by atoms with Crippen LogP contribution in [0.4, 0.5) is 13.2 Å². The number of halogens is 3. The molecule has 108 valence electrons. The van der Waals surface area contributed by atoms with Crippen molar-refractivity contribution in [1.82, 2.24) is 5.32 Å². The van der Waals surface area contributed by atoms with E-state index in [1.807, 2.05) is 0 Å². The van der Waals surface area contributed by atoms with Crippen LogP contribution in [-0.4, -0.2) is 23.8 Å². The molecule has 2 saturated carbocycles. The molecule has 0 heterocycles. The Kier molecular flexibility index (Phi) is 4.16. The van der Waals surface area contributed by atoms with Crippen LogP contribution in [0, 0.1) is 17.2 Å². The summed E-state index contributed by atoms with van der Waals surface area (Å²) in [6, 6.07) is -0.720. The molecule has 1 atom stereocenters. The van der Waals surface area contributed by atoms with Gasteiger partial charge in [0, 0.05) is 5.71 Å². The summed E-state index contributed by atoms with van der Waals surface area (Å²) in [6.07, 6.45) is 1.51. The van der Waals surface area contributed by atoms with Gasteiger partial charge in [-0.3, -0.25) is 4.79 Å². The number of hydrogen-bond acceptors (Lipinski definition) is 2. The molecule has 2 fully saturated rings. The molecule has 2 rings (SSSR count). The van der Waals surface area contributed by atoms with Crippen LogP contribution in [0.15, 0.2) is 0 Å². The summed E-state index contributed by atoms with van der Waals surface area (Å²) < 4.78 is 37.1. The van der Waals surface area contributed by atoms with Crippen molar-refractivity contribution in [1.29, 1.82) is 5.41 Å². The van der Waals surface area contributed by atoms with Crippen LogP contribution in [0.2, 0.25) is 0 Å². The van der Waals surface area contributed by atoms with Gasteiger partial charge >= 0.3 is 12.1 Å². The Bertz CT molecular complexity index is 357. The fraction of sp³-hybridized carbons (Fsp3) is 0.846.